The molecule has 0 aromatic heterocycles. The first-order chi connectivity index (χ1) is 14.8. The van der Waals surface area contributed by atoms with Crippen LogP contribution in [0.3, 0.4) is 0 Å². The van der Waals surface area contributed by atoms with Crippen molar-refractivity contribution in [3.05, 3.63) is 105 Å². The highest BCUT2D eigenvalue weighted by Crippen LogP contribution is 2.33. The highest BCUT2D eigenvalue weighted by atomic mass is 32.2. The van der Waals surface area contributed by atoms with Gasteiger partial charge in [0.1, 0.15) is 6.04 Å². The van der Waals surface area contributed by atoms with Crippen LogP contribution in [-0.4, -0.2) is 24.0 Å². The second-order valence-electron chi connectivity index (χ2n) is 6.42. The zero-order valence-corrected chi connectivity index (χ0v) is 16.8. The van der Waals surface area contributed by atoms with Gasteiger partial charge in [-0.15, -0.1) is 5.11 Å². The first-order valence-electron chi connectivity index (χ1n) is 8.94. The van der Waals surface area contributed by atoms with Gasteiger partial charge in [0, 0.05) is 6.07 Å². The molecule has 0 aliphatic carbocycles. The van der Waals surface area contributed by atoms with Gasteiger partial charge in [-0.2, -0.15) is 5.11 Å². The van der Waals surface area contributed by atoms with E-state index >= 15 is 0 Å². The Morgan fingerprint density at radius 1 is 0.839 bits per heavy atom. The lowest BCUT2D eigenvalue weighted by Crippen LogP contribution is -2.13. The number of non-ortho nitro benzene ring substituents is 1. The van der Waals surface area contributed by atoms with Crippen LogP contribution >= 0.6 is 0 Å². The Morgan fingerprint density at radius 3 is 2.03 bits per heavy atom. The first kappa shape index (κ1) is 21.7. The Hall–Kier alpha value is -3.99. The molecule has 0 fully saturated rings. The van der Waals surface area contributed by atoms with Gasteiger partial charge in [-0.05, 0) is 23.8 Å². The van der Waals surface area contributed by atoms with Gasteiger partial charge in [-0.25, -0.2) is 8.42 Å². The van der Waals surface area contributed by atoms with E-state index in [0.29, 0.717) is 5.56 Å². The molecular weight excluding hydrogens is 424 g/mol. The summed E-state index contributed by atoms with van der Waals surface area (Å²) in [6.45, 7) is 0. The molecule has 3 aromatic rings. The van der Waals surface area contributed by atoms with Gasteiger partial charge in [-0.3, -0.25) is 20.2 Å². The maximum Gasteiger partial charge on any atom is 0.303 e. The third kappa shape index (κ3) is 5.34. The van der Waals surface area contributed by atoms with Crippen molar-refractivity contribution in [2.24, 2.45) is 10.2 Å². The van der Waals surface area contributed by atoms with Gasteiger partial charge in [-0.1, -0.05) is 48.5 Å². The molecule has 3 rings (SSSR count). The highest BCUT2D eigenvalue weighted by Gasteiger charge is 2.24. The molecule has 10 nitrogen and oxygen atoms in total. The molecule has 0 aliphatic rings. The molecule has 3 aromatic carbocycles. The molecule has 0 amide bonds. The Morgan fingerprint density at radius 2 is 1.45 bits per heavy atom. The summed E-state index contributed by atoms with van der Waals surface area (Å²) in [5.74, 6) is -0.411. The van der Waals surface area contributed by atoms with E-state index in [1.54, 1.807) is 48.5 Å². The van der Waals surface area contributed by atoms with E-state index in [0.717, 1.165) is 18.2 Å². The Labute approximate surface area is 177 Å². The number of sulfone groups is 1. The predicted octanol–water partition coefficient (Wildman–Crippen LogP) is 4.80. The zero-order valence-electron chi connectivity index (χ0n) is 15.9. The lowest BCUT2D eigenvalue weighted by molar-refractivity contribution is -0.393. The molecule has 0 spiro atoms. The molecule has 0 heterocycles. The van der Waals surface area contributed by atoms with Crippen molar-refractivity contribution in [3.8, 4) is 0 Å². The predicted molar refractivity (Wildman–Crippen MR) is 112 cm³/mol. The van der Waals surface area contributed by atoms with E-state index in [-0.39, 0.29) is 10.6 Å². The average Bonchev–Trinajstić information content (AvgIpc) is 2.77. The number of azo groups is 1. The van der Waals surface area contributed by atoms with Crippen LogP contribution in [-0.2, 0) is 9.84 Å². The highest BCUT2D eigenvalue weighted by molar-refractivity contribution is 7.91. The fourth-order valence-corrected chi connectivity index (χ4v) is 4.23. The quantitative estimate of drug-likeness (QED) is 0.279. The van der Waals surface area contributed by atoms with Crippen molar-refractivity contribution in [3.63, 3.8) is 0 Å². The van der Waals surface area contributed by atoms with Crippen molar-refractivity contribution in [1.29, 1.82) is 0 Å². The standard InChI is InChI=1S/C20H16N4O6S/c25-23(26)16-11-12-18(20(13-16)24(27)28)21-22-19(15-7-3-1-4-8-15)14-31(29,30)17-9-5-2-6-10-17/h1-13,19H,14H2. The van der Waals surface area contributed by atoms with Crippen molar-refractivity contribution >= 4 is 26.9 Å². The van der Waals surface area contributed by atoms with Gasteiger partial charge in [0.15, 0.2) is 15.5 Å². The summed E-state index contributed by atoms with van der Waals surface area (Å²) in [7, 11) is -3.73. The molecule has 0 bridgehead atoms. The normalized spacial score (nSPS) is 12.5. The Balaban J connectivity index is 2.00. The van der Waals surface area contributed by atoms with Crippen molar-refractivity contribution < 1.29 is 18.3 Å². The number of nitro groups is 2. The zero-order chi connectivity index (χ0) is 22.4. The molecule has 31 heavy (non-hydrogen) atoms. The second-order valence-corrected chi connectivity index (χ2v) is 8.46. The number of hydrogen-bond acceptors (Lipinski definition) is 8. The SMILES string of the molecule is O=[N+]([O-])c1ccc(N=NC(CS(=O)(=O)c2ccccc2)c2ccccc2)c([N+](=O)[O-])c1. The topological polar surface area (TPSA) is 145 Å². The van der Waals surface area contributed by atoms with Crippen LogP contribution in [0.2, 0.25) is 0 Å². The molecule has 0 aliphatic heterocycles. The van der Waals surface area contributed by atoms with Gasteiger partial charge in [0.2, 0.25) is 0 Å². The number of rotatable bonds is 8. The molecule has 1 atom stereocenters. The van der Waals surface area contributed by atoms with E-state index in [1.807, 2.05) is 0 Å². The maximum atomic E-state index is 12.8. The summed E-state index contributed by atoms with van der Waals surface area (Å²) >= 11 is 0. The largest absolute Gasteiger partial charge is 0.303 e. The minimum atomic E-state index is -3.73. The van der Waals surface area contributed by atoms with Crippen LogP contribution in [0.25, 0.3) is 0 Å². The van der Waals surface area contributed by atoms with Gasteiger partial charge in [0.25, 0.3) is 5.69 Å². The van der Waals surface area contributed by atoms with Crippen molar-refractivity contribution in [2.45, 2.75) is 10.9 Å². The van der Waals surface area contributed by atoms with Crippen LogP contribution < -0.4 is 0 Å². The van der Waals surface area contributed by atoms with Crippen LogP contribution in [0.15, 0.2) is 94.0 Å². The molecule has 1 unspecified atom stereocenters. The van der Waals surface area contributed by atoms with Crippen molar-refractivity contribution in [1.82, 2.24) is 0 Å². The van der Waals surface area contributed by atoms with Crippen LogP contribution in [0.1, 0.15) is 11.6 Å². The Bertz CT molecular complexity index is 1230. The number of benzene rings is 3. The van der Waals surface area contributed by atoms with Crippen molar-refractivity contribution in [2.75, 3.05) is 5.75 Å². The van der Waals surface area contributed by atoms with Gasteiger partial charge >= 0.3 is 5.69 Å². The van der Waals surface area contributed by atoms with E-state index < -0.39 is 42.9 Å². The average molecular weight is 440 g/mol. The van der Waals surface area contributed by atoms with E-state index in [4.69, 9.17) is 0 Å². The van der Waals surface area contributed by atoms with Crippen LogP contribution in [0.4, 0.5) is 17.1 Å². The first-order valence-corrected chi connectivity index (χ1v) is 10.6. The summed E-state index contributed by atoms with van der Waals surface area (Å²) in [5.41, 5.74) is -0.725. The van der Waals surface area contributed by atoms with E-state index in [2.05, 4.69) is 10.2 Å². The maximum absolute atomic E-state index is 12.8. The lowest BCUT2D eigenvalue weighted by Gasteiger charge is -2.12. The summed E-state index contributed by atoms with van der Waals surface area (Å²) in [4.78, 5) is 20.8. The summed E-state index contributed by atoms with van der Waals surface area (Å²) < 4.78 is 25.7. The number of hydrogen-bond donors (Lipinski definition) is 0. The van der Waals surface area contributed by atoms with Gasteiger partial charge < -0.3 is 0 Å². The summed E-state index contributed by atoms with van der Waals surface area (Å²) in [5, 5.41) is 30.1. The van der Waals surface area contributed by atoms with Gasteiger partial charge in [0.05, 0.1) is 26.6 Å². The molecule has 158 valence electrons. The minimum Gasteiger partial charge on any atom is -0.258 e. The van der Waals surface area contributed by atoms with Crippen LogP contribution in [0.5, 0.6) is 0 Å². The molecule has 0 radical (unpaired) electrons. The smallest absolute Gasteiger partial charge is 0.258 e. The van der Waals surface area contributed by atoms with E-state index in [9.17, 15) is 28.6 Å². The van der Waals surface area contributed by atoms with Crippen LogP contribution in [0, 0.1) is 20.2 Å². The molecule has 0 N–H and O–H groups in total. The molecule has 0 saturated carbocycles. The number of nitro benzene ring substituents is 2. The number of nitrogens with zero attached hydrogens (tertiary/aromatic N) is 4. The molecule has 0 saturated heterocycles. The van der Waals surface area contributed by atoms with E-state index in [1.165, 1.54) is 12.1 Å². The summed E-state index contributed by atoms with van der Waals surface area (Å²) in [6, 6.07) is 18.4. The monoisotopic (exact) mass is 440 g/mol. The minimum absolute atomic E-state index is 0.118. The lowest BCUT2D eigenvalue weighted by atomic mass is 10.1. The second kappa shape index (κ2) is 9.22. The Kier molecular flexibility index (Phi) is 6.46. The summed E-state index contributed by atoms with van der Waals surface area (Å²) in [6.07, 6.45) is 0. The molecular formula is C20H16N4O6S. The fraction of sp³-hybridized carbons (Fsp3) is 0.100. The third-order valence-electron chi connectivity index (χ3n) is 4.34. The third-order valence-corrected chi connectivity index (χ3v) is 6.08. The fourth-order valence-electron chi connectivity index (χ4n) is 2.79. The molecule has 11 heteroatoms.